The number of nitrogens with zero attached hydrogens (tertiary/aromatic N) is 2. The number of aromatic nitrogens is 1. The van der Waals surface area contributed by atoms with E-state index < -0.39 is 11.7 Å². The highest BCUT2D eigenvalue weighted by molar-refractivity contribution is 5.87. The second kappa shape index (κ2) is 5.14. The van der Waals surface area contributed by atoms with E-state index in [1.54, 1.807) is 25.4 Å². The summed E-state index contributed by atoms with van der Waals surface area (Å²) in [5.74, 6) is 0. The van der Waals surface area contributed by atoms with Crippen LogP contribution in [-0.2, 0) is 11.3 Å². The maximum Gasteiger partial charge on any atom is 0.414 e. The molecule has 0 spiro atoms. The molecule has 17 heavy (non-hydrogen) atoms. The molecule has 0 unspecified atom stereocenters. The molecule has 94 valence electrons. The van der Waals surface area contributed by atoms with Gasteiger partial charge in [-0.05, 0) is 32.9 Å². The van der Waals surface area contributed by atoms with Gasteiger partial charge in [-0.1, -0.05) is 0 Å². The normalized spacial score (nSPS) is 11.1. The maximum atomic E-state index is 11.8. The van der Waals surface area contributed by atoms with Crippen LogP contribution in [-0.4, -0.2) is 23.7 Å². The van der Waals surface area contributed by atoms with Crippen LogP contribution in [0, 0.1) is 0 Å². The molecule has 0 aliphatic rings. The molecule has 5 nitrogen and oxygen atoms in total. The van der Waals surface area contributed by atoms with Gasteiger partial charge in [0.15, 0.2) is 0 Å². The van der Waals surface area contributed by atoms with Crippen molar-refractivity contribution in [1.82, 2.24) is 4.98 Å². The molecule has 0 bridgehead atoms. The first kappa shape index (κ1) is 13.4. The quantitative estimate of drug-likeness (QED) is 0.853. The summed E-state index contributed by atoms with van der Waals surface area (Å²) in [6.07, 6.45) is 1.23. The van der Waals surface area contributed by atoms with E-state index in [9.17, 15) is 4.79 Å². The van der Waals surface area contributed by atoms with Gasteiger partial charge < -0.3 is 10.5 Å². The van der Waals surface area contributed by atoms with Crippen LogP contribution in [0.25, 0.3) is 0 Å². The maximum absolute atomic E-state index is 11.8. The van der Waals surface area contributed by atoms with Crippen molar-refractivity contribution in [3.8, 4) is 0 Å². The molecule has 0 saturated carbocycles. The SMILES string of the molecule is CN(C(=O)OC(C)(C)C)c1ccnc(CN)c1. The Morgan fingerprint density at radius 2 is 2.18 bits per heavy atom. The summed E-state index contributed by atoms with van der Waals surface area (Å²) >= 11 is 0. The minimum absolute atomic E-state index is 0.343. The van der Waals surface area contributed by atoms with Crippen molar-refractivity contribution in [2.75, 3.05) is 11.9 Å². The van der Waals surface area contributed by atoms with Crippen molar-refractivity contribution in [2.24, 2.45) is 5.73 Å². The third kappa shape index (κ3) is 4.03. The van der Waals surface area contributed by atoms with E-state index in [0.29, 0.717) is 6.54 Å². The van der Waals surface area contributed by atoms with Crippen molar-refractivity contribution in [1.29, 1.82) is 0 Å². The van der Waals surface area contributed by atoms with Gasteiger partial charge in [-0.3, -0.25) is 9.88 Å². The predicted octanol–water partition coefficient (Wildman–Crippen LogP) is 1.91. The monoisotopic (exact) mass is 237 g/mol. The number of rotatable bonds is 2. The molecular weight excluding hydrogens is 218 g/mol. The lowest BCUT2D eigenvalue weighted by molar-refractivity contribution is 0.0589. The van der Waals surface area contributed by atoms with E-state index in [2.05, 4.69) is 4.98 Å². The molecule has 0 saturated heterocycles. The van der Waals surface area contributed by atoms with Crippen LogP contribution in [0.1, 0.15) is 26.5 Å². The number of pyridine rings is 1. The zero-order chi connectivity index (χ0) is 13.1. The van der Waals surface area contributed by atoms with Gasteiger partial charge in [-0.2, -0.15) is 0 Å². The van der Waals surface area contributed by atoms with E-state index >= 15 is 0 Å². The van der Waals surface area contributed by atoms with Crippen molar-refractivity contribution >= 4 is 11.8 Å². The van der Waals surface area contributed by atoms with Gasteiger partial charge in [0.05, 0.1) is 11.4 Å². The van der Waals surface area contributed by atoms with Gasteiger partial charge >= 0.3 is 6.09 Å². The van der Waals surface area contributed by atoms with Crippen LogP contribution >= 0.6 is 0 Å². The molecule has 1 heterocycles. The zero-order valence-electron chi connectivity index (χ0n) is 10.7. The van der Waals surface area contributed by atoms with Crippen LogP contribution < -0.4 is 10.6 Å². The third-order valence-electron chi connectivity index (χ3n) is 2.06. The van der Waals surface area contributed by atoms with Crippen LogP contribution in [0.4, 0.5) is 10.5 Å². The summed E-state index contributed by atoms with van der Waals surface area (Å²) < 4.78 is 5.26. The number of hydrogen-bond acceptors (Lipinski definition) is 4. The topological polar surface area (TPSA) is 68.5 Å². The summed E-state index contributed by atoms with van der Waals surface area (Å²) in [7, 11) is 1.66. The summed E-state index contributed by atoms with van der Waals surface area (Å²) in [4.78, 5) is 17.3. The average Bonchev–Trinajstić information content (AvgIpc) is 2.26. The van der Waals surface area contributed by atoms with Gasteiger partial charge in [-0.25, -0.2) is 4.79 Å². The molecule has 0 atom stereocenters. The summed E-state index contributed by atoms with van der Waals surface area (Å²) in [6.45, 7) is 5.83. The van der Waals surface area contributed by atoms with Crippen molar-refractivity contribution in [3.63, 3.8) is 0 Å². The first-order valence-electron chi connectivity index (χ1n) is 5.45. The Morgan fingerprint density at radius 3 is 2.71 bits per heavy atom. The molecule has 1 rings (SSSR count). The smallest absolute Gasteiger partial charge is 0.414 e. The molecule has 2 N–H and O–H groups in total. The number of ether oxygens (including phenoxy) is 1. The summed E-state index contributed by atoms with van der Waals surface area (Å²) in [5, 5.41) is 0. The number of nitrogens with two attached hydrogens (primary N) is 1. The largest absolute Gasteiger partial charge is 0.443 e. The van der Waals surface area contributed by atoms with E-state index in [1.807, 2.05) is 20.8 Å². The Balaban J connectivity index is 2.81. The Hall–Kier alpha value is -1.62. The molecule has 0 aliphatic carbocycles. The molecule has 1 amide bonds. The van der Waals surface area contributed by atoms with Gasteiger partial charge in [0.2, 0.25) is 0 Å². The van der Waals surface area contributed by atoms with Gasteiger partial charge in [0.1, 0.15) is 5.60 Å². The Bertz CT molecular complexity index is 399. The van der Waals surface area contributed by atoms with Crippen LogP contribution in [0.15, 0.2) is 18.3 Å². The second-order valence-electron chi connectivity index (χ2n) is 4.75. The molecular formula is C12H19N3O2. The molecule has 1 aromatic heterocycles. The van der Waals surface area contributed by atoms with Crippen molar-refractivity contribution < 1.29 is 9.53 Å². The summed E-state index contributed by atoms with van der Waals surface area (Å²) in [5.41, 5.74) is 6.45. The molecule has 0 radical (unpaired) electrons. The van der Waals surface area contributed by atoms with Crippen LogP contribution in [0.2, 0.25) is 0 Å². The van der Waals surface area contributed by atoms with E-state index in [0.717, 1.165) is 11.4 Å². The zero-order valence-corrected chi connectivity index (χ0v) is 10.7. The average molecular weight is 237 g/mol. The number of amides is 1. The van der Waals surface area contributed by atoms with Crippen molar-refractivity contribution in [3.05, 3.63) is 24.0 Å². The third-order valence-corrected chi connectivity index (χ3v) is 2.06. The number of carbonyl (C=O) groups is 1. The van der Waals surface area contributed by atoms with Crippen molar-refractivity contribution in [2.45, 2.75) is 32.9 Å². The first-order valence-corrected chi connectivity index (χ1v) is 5.45. The Labute approximate surface area is 102 Å². The molecule has 0 aliphatic heterocycles. The van der Waals surface area contributed by atoms with E-state index in [4.69, 9.17) is 10.5 Å². The Morgan fingerprint density at radius 1 is 1.53 bits per heavy atom. The van der Waals surface area contributed by atoms with E-state index in [1.165, 1.54) is 4.90 Å². The fraction of sp³-hybridized carbons (Fsp3) is 0.500. The number of anilines is 1. The highest BCUT2D eigenvalue weighted by Gasteiger charge is 2.20. The van der Waals surface area contributed by atoms with Crippen LogP contribution in [0.3, 0.4) is 0 Å². The molecule has 0 aromatic carbocycles. The lowest BCUT2D eigenvalue weighted by atomic mass is 10.2. The van der Waals surface area contributed by atoms with Gasteiger partial charge in [0, 0.05) is 19.8 Å². The minimum Gasteiger partial charge on any atom is -0.443 e. The Kier molecular flexibility index (Phi) is 4.07. The highest BCUT2D eigenvalue weighted by Crippen LogP contribution is 2.16. The molecule has 0 fully saturated rings. The fourth-order valence-corrected chi connectivity index (χ4v) is 1.22. The minimum atomic E-state index is -0.505. The highest BCUT2D eigenvalue weighted by atomic mass is 16.6. The number of hydrogen-bond donors (Lipinski definition) is 1. The fourth-order valence-electron chi connectivity index (χ4n) is 1.22. The summed E-state index contributed by atoms with van der Waals surface area (Å²) in [6, 6.07) is 3.51. The standard InChI is InChI=1S/C12H19N3O2/c1-12(2,3)17-11(16)15(4)10-5-6-14-9(7-10)8-13/h5-7H,8,13H2,1-4H3. The van der Waals surface area contributed by atoms with E-state index in [-0.39, 0.29) is 0 Å². The van der Waals surface area contributed by atoms with Gasteiger partial charge in [0.25, 0.3) is 0 Å². The molecule has 5 heteroatoms. The number of carbonyl (C=O) groups excluding carboxylic acids is 1. The van der Waals surface area contributed by atoms with Gasteiger partial charge in [-0.15, -0.1) is 0 Å². The lowest BCUT2D eigenvalue weighted by Crippen LogP contribution is -2.34. The first-order chi connectivity index (χ1) is 7.83. The second-order valence-corrected chi connectivity index (χ2v) is 4.75. The molecule has 1 aromatic rings. The van der Waals surface area contributed by atoms with Crippen LogP contribution in [0.5, 0.6) is 0 Å². The predicted molar refractivity (Wildman–Crippen MR) is 66.8 cm³/mol. The lowest BCUT2D eigenvalue weighted by Gasteiger charge is -2.24.